The van der Waals surface area contributed by atoms with Crippen LogP contribution in [0.5, 0.6) is 11.5 Å². The minimum absolute atomic E-state index is 0.0331. The first kappa shape index (κ1) is 19.8. The van der Waals surface area contributed by atoms with Crippen molar-refractivity contribution in [1.29, 1.82) is 0 Å². The minimum atomic E-state index is -1.12. The number of aromatic carboxylic acids is 1. The molecule has 140 valence electrons. The van der Waals surface area contributed by atoms with Crippen LogP contribution in [0.1, 0.15) is 67.9 Å². The van der Waals surface area contributed by atoms with Crippen molar-refractivity contribution in [1.82, 2.24) is 0 Å². The van der Waals surface area contributed by atoms with E-state index in [-0.39, 0.29) is 11.3 Å². The zero-order chi connectivity index (χ0) is 19.3. The number of fused-ring (bicyclic) bond motifs is 1. The Labute approximate surface area is 155 Å². The van der Waals surface area contributed by atoms with Gasteiger partial charge in [-0.2, -0.15) is 0 Å². The summed E-state index contributed by atoms with van der Waals surface area (Å²) in [6, 6.07) is 1.77. The van der Waals surface area contributed by atoms with Crippen LogP contribution >= 0.6 is 0 Å². The highest BCUT2D eigenvalue weighted by atomic mass is 16.5. The molecular formula is C22H28O4. The molecule has 4 heteroatoms. The van der Waals surface area contributed by atoms with Crippen LogP contribution in [0.2, 0.25) is 0 Å². The van der Waals surface area contributed by atoms with Crippen molar-refractivity contribution < 1.29 is 19.7 Å². The van der Waals surface area contributed by atoms with Crippen LogP contribution in [0.15, 0.2) is 36.4 Å². The van der Waals surface area contributed by atoms with E-state index in [2.05, 4.69) is 26.5 Å². The smallest absolute Gasteiger partial charge is 0.339 e. The lowest BCUT2D eigenvalue weighted by Gasteiger charge is -2.32. The number of unbranched alkanes of at least 4 members (excludes halogenated alkanes) is 1. The van der Waals surface area contributed by atoms with Crippen molar-refractivity contribution in [3.63, 3.8) is 0 Å². The van der Waals surface area contributed by atoms with Crippen molar-refractivity contribution in [2.75, 3.05) is 0 Å². The minimum Gasteiger partial charge on any atom is -0.506 e. The molecule has 0 fully saturated rings. The Morgan fingerprint density at radius 1 is 1.35 bits per heavy atom. The number of allylic oxidation sites excluding steroid dienone is 3. The molecule has 1 atom stereocenters. The van der Waals surface area contributed by atoms with Crippen LogP contribution in [-0.4, -0.2) is 21.8 Å². The van der Waals surface area contributed by atoms with Gasteiger partial charge >= 0.3 is 5.97 Å². The van der Waals surface area contributed by atoms with Crippen molar-refractivity contribution in [3.8, 4) is 11.5 Å². The summed E-state index contributed by atoms with van der Waals surface area (Å²) in [6.45, 7) is 9.83. The van der Waals surface area contributed by atoms with Crippen LogP contribution in [0.4, 0.5) is 0 Å². The van der Waals surface area contributed by atoms with Gasteiger partial charge in [0.25, 0.3) is 0 Å². The van der Waals surface area contributed by atoms with E-state index in [1.165, 1.54) is 5.57 Å². The number of hydrogen-bond donors (Lipinski definition) is 2. The van der Waals surface area contributed by atoms with Crippen LogP contribution in [0, 0.1) is 0 Å². The van der Waals surface area contributed by atoms with E-state index in [1.54, 1.807) is 18.2 Å². The third kappa shape index (κ3) is 4.57. The lowest BCUT2D eigenvalue weighted by atomic mass is 9.91. The van der Waals surface area contributed by atoms with E-state index in [1.807, 2.05) is 13.0 Å². The fourth-order valence-corrected chi connectivity index (χ4v) is 3.16. The molecule has 2 rings (SSSR count). The predicted molar refractivity (Wildman–Crippen MR) is 105 cm³/mol. The molecule has 0 amide bonds. The van der Waals surface area contributed by atoms with Gasteiger partial charge < -0.3 is 14.9 Å². The highest BCUT2D eigenvalue weighted by Crippen LogP contribution is 2.42. The van der Waals surface area contributed by atoms with Crippen LogP contribution in [-0.2, 0) is 6.42 Å². The number of aromatic hydroxyl groups is 1. The van der Waals surface area contributed by atoms with Gasteiger partial charge in [0.1, 0.15) is 22.7 Å². The Bertz CT molecular complexity index is 754. The maximum Gasteiger partial charge on any atom is 0.339 e. The molecule has 4 nitrogen and oxygen atoms in total. The third-order valence-electron chi connectivity index (χ3n) is 4.59. The Morgan fingerprint density at radius 3 is 2.69 bits per heavy atom. The molecule has 1 aliphatic rings. The molecule has 0 aromatic heterocycles. The summed E-state index contributed by atoms with van der Waals surface area (Å²) in [7, 11) is 0. The molecule has 1 aromatic rings. The number of aryl methyl sites for hydroxylation is 1. The molecule has 0 saturated heterocycles. The fourth-order valence-electron chi connectivity index (χ4n) is 3.16. The van der Waals surface area contributed by atoms with Crippen LogP contribution in [0.3, 0.4) is 0 Å². The summed E-state index contributed by atoms with van der Waals surface area (Å²) in [5.74, 6) is -0.793. The van der Waals surface area contributed by atoms with Crippen molar-refractivity contribution in [3.05, 3.63) is 53.1 Å². The van der Waals surface area contributed by atoms with Crippen molar-refractivity contribution in [2.24, 2.45) is 0 Å². The largest absolute Gasteiger partial charge is 0.506 e. The molecule has 0 spiro atoms. The molecule has 0 bridgehead atoms. The fraction of sp³-hybridized carbons (Fsp3) is 0.409. The van der Waals surface area contributed by atoms with Gasteiger partial charge in [-0.05, 0) is 76.7 Å². The zero-order valence-electron chi connectivity index (χ0n) is 15.8. The summed E-state index contributed by atoms with van der Waals surface area (Å²) in [4.78, 5) is 11.6. The summed E-state index contributed by atoms with van der Waals surface area (Å²) >= 11 is 0. The summed E-state index contributed by atoms with van der Waals surface area (Å²) in [6.07, 6.45) is 11.5. The maximum atomic E-state index is 11.6. The number of hydrogen-bond acceptors (Lipinski definition) is 3. The van der Waals surface area contributed by atoms with E-state index >= 15 is 0 Å². The average molecular weight is 356 g/mol. The van der Waals surface area contributed by atoms with Gasteiger partial charge in [0, 0.05) is 0 Å². The maximum absolute atomic E-state index is 11.6. The molecule has 1 heterocycles. The Hall–Kier alpha value is -2.49. The number of carboxylic acids is 1. The van der Waals surface area contributed by atoms with Gasteiger partial charge in [-0.25, -0.2) is 4.79 Å². The van der Waals surface area contributed by atoms with E-state index in [9.17, 15) is 15.0 Å². The number of carbonyl (C=O) groups is 1. The molecule has 0 saturated carbocycles. The third-order valence-corrected chi connectivity index (χ3v) is 4.59. The van der Waals surface area contributed by atoms with Gasteiger partial charge in [0.05, 0.1) is 5.56 Å². The highest BCUT2D eigenvalue weighted by molar-refractivity contribution is 5.95. The molecule has 2 N–H and O–H groups in total. The first-order valence-corrected chi connectivity index (χ1v) is 9.02. The molecule has 1 unspecified atom stereocenters. The number of carboxylic acid groups (broad SMARTS) is 1. The number of phenols is 1. The zero-order valence-corrected chi connectivity index (χ0v) is 15.8. The van der Waals surface area contributed by atoms with Gasteiger partial charge in [-0.1, -0.05) is 17.7 Å². The number of benzene rings is 1. The second-order valence-electron chi connectivity index (χ2n) is 7.23. The van der Waals surface area contributed by atoms with Gasteiger partial charge in [-0.15, -0.1) is 6.58 Å². The molecule has 0 radical (unpaired) electrons. The quantitative estimate of drug-likeness (QED) is 0.476. The van der Waals surface area contributed by atoms with E-state index in [4.69, 9.17) is 4.74 Å². The summed E-state index contributed by atoms with van der Waals surface area (Å²) in [5, 5.41) is 20.0. The lowest BCUT2D eigenvalue weighted by Crippen LogP contribution is -2.32. The van der Waals surface area contributed by atoms with Gasteiger partial charge in [0.2, 0.25) is 0 Å². The SMILES string of the molecule is C=CCCCc1cc2c(c(O)c1C(=O)O)C=CC(C)(CCC=C(C)C)O2. The Morgan fingerprint density at radius 2 is 2.08 bits per heavy atom. The van der Waals surface area contributed by atoms with Gasteiger partial charge in [0.15, 0.2) is 0 Å². The number of ether oxygens (including phenoxy) is 1. The summed E-state index contributed by atoms with van der Waals surface area (Å²) < 4.78 is 6.17. The van der Waals surface area contributed by atoms with E-state index in [0.717, 1.165) is 25.7 Å². The van der Waals surface area contributed by atoms with E-state index < -0.39 is 11.6 Å². The lowest BCUT2D eigenvalue weighted by molar-refractivity contribution is 0.0692. The second kappa shape index (κ2) is 8.26. The molecule has 1 aliphatic heterocycles. The predicted octanol–water partition coefficient (Wildman–Crippen LogP) is 5.51. The Balaban J connectivity index is 2.35. The standard InChI is InChI=1S/C22H28O4/c1-5-6-7-10-16-14-18-17(20(23)19(16)21(24)25)11-13-22(4,26-18)12-8-9-15(2)3/h5,9,11,13-14,23H,1,6-8,10,12H2,2-4H3,(H,24,25). The van der Waals surface area contributed by atoms with Crippen molar-refractivity contribution in [2.45, 2.75) is 58.5 Å². The topological polar surface area (TPSA) is 66.8 Å². The molecule has 1 aromatic carbocycles. The first-order valence-electron chi connectivity index (χ1n) is 9.02. The van der Waals surface area contributed by atoms with Crippen molar-refractivity contribution >= 4 is 12.0 Å². The van der Waals surface area contributed by atoms with Crippen LogP contribution in [0.25, 0.3) is 6.08 Å². The molecule has 26 heavy (non-hydrogen) atoms. The van der Waals surface area contributed by atoms with Gasteiger partial charge in [-0.3, -0.25) is 0 Å². The van der Waals surface area contributed by atoms with E-state index in [0.29, 0.717) is 23.3 Å². The Kier molecular flexibility index (Phi) is 6.30. The average Bonchev–Trinajstić information content (AvgIpc) is 2.54. The number of rotatable bonds is 8. The summed E-state index contributed by atoms with van der Waals surface area (Å²) in [5.41, 5.74) is 1.79. The monoisotopic (exact) mass is 356 g/mol. The van der Waals surface area contributed by atoms with Crippen LogP contribution < -0.4 is 4.74 Å². The molecule has 0 aliphatic carbocycles. The first-order chi connectivity index (χ1) is 12.3. The molecular weight excluding hydrogens is 328 g/mol. The highest BCUT2D eigenvalue weighted by Gasteiger charge is 2.30. The second-order valence-corrected chi connectivity index (χ2v) is 7.23. The normalized spacial score (nSPS) is 18.0.